The zero-order valence-electron chi connectivity index (χ0n) is 15.6. The predicted octanol–water partition coefficient (Wildman–Crippen LogP) is 4.95. The largest absolute Gasteiger partial charge is 0.313 e. The van der Waals surface area contributed by atoms with Gasteiger partial charge in [-0.05, 0) is 37.3 Å². The lowest BCUT2D eigenvalue weighted by Crippen LogP contribution is -2.19. The number of thiazole rings is 1. The van der Waals surface area contributed by atoms with Crippen molar-refractivity contribution >= 4 is 40.0 Å². The fraction of sp³-hybridized carbons (Fsp3) is 0.150. The Hall–Kier alpha value is -2.96. The van der Waals surface area contributed by atoms with E-state index in [1.165, 1.54) is 35.4 Å². The highest BCUT2D eigenvalue weighted by molar-refractivity contribution is 7.97. The van der Waals surface area contributed by atoms with Gasteiger partial charge < -0.3 is 4.90 Å². The maximum Gasteiger partial charge on any atom is 0.280 e. The molecule has 0 aliphatic carbocycles. The summed E-state index contributed by atoms with van der Waals surface area (Å²) in [5.41, 5.74) is 1.71. The first-order valence-electron chi connectivity index (χ1n) is 8.45. The van der Waals surface area contributed by atoms with Crippen molar-refractivity contribution in [2.45, 2.75) is 13.5 Å². The molecule has 0 aliphatic rings. The van der Waals surface area contributed by atoms with E-state index in [-0.39, 0.29) is 23.7 Å². The van der Waals surface area contributed by atoms with Crippen LogP contribution in [0, 0.1) is 29.9 Å². The molecule has 9 heteroatoms. The fourth-order valence-corrected chi connectivity index (χ4v) is 3.86. The van der Waals surface area contributed by atoms with Crippen molar-refractivity contribution in [2.75, 3.05) is 11.2 Å². The Morgan fingerprint density at radius 1 is 1.28 bits per heavy atom. The Morgan fingerprint density at radius 2 is 2.00 bits per heavy atom. The summed E-state index contributed by atoms with van der Waals surface area (Å²) in [7, 11) is 0. The number of carbonyl (C=O) groups excluding carboxylic acids is 1. The lowest BCUT2D eigenvalue weighted by molar-refractivity contribution is 0.0980. The molecule has 0 bridgehead atoms. The van der Waals surface area contributed by atoms with Gasteiger partial charge in [0.15, 0.2) is 5.13 Å². The minimum absolute atomic E-state index is 0.0779. The summed E-state index contributed by atoms with van der Waals surface area (Å²) >= 11 is 2.47. The van der Waals surface area contributed by atoms with Gasteiger partial charge in [-0.25, -0.2) is 13.8 Å². The van der Waals surface area contributed by atoms with Crippen molar-refractivity contribution in [3.63, 3.8) is 0 Å². The van der Waals surface area contributed by atoms with Crippen LogP contribution in [-0.2, 0) is 6.54 Å². The molecule has 0 atom stereocenters. The second-order valence-corrected chi connectivity index (χ2v) is 7.81. The van der Waals surface area contributed by atoms with Crippen molar-refractivity contribution in [3.8, 4) is 6.07 Å². The highest BCUT2D eigenvalue weighted by atomic mass is 32.2. The van der Waals surface area contributed by atoms with Crippen molar-refractivity contribution in [3.05, 3.63) is 75.8 Å². The number of benzene rings is 2. The van der Waals surface area contributed by atoms with Gasteiger partial charge in [0.05, 0.1) is 18.2 Å². The van der Waals surface area contributed by atoms with Crippen LogP contribution in [0.4, 0.5) is 19.6 Å². The van der Waals surface area contributed by atoms with Gasteiger partial charge in [-0.3, -0.25) is 9.52 Å². The summed E-state index contributed by atoms with van der Waals surface area (Å²) < 4.78 is 30.2. The second-order valence-electron chi connectivity index (χ2n) is 6.02. The topological polar surface area (TPSA) is 69.0 Å². The summed E-state index contributed by atoms with van der Waals surface area (Å²) in [6, 6.07) is 12.2. The summed E-state index contributed by atoms with van der Waals surface area (Å²) in [5.74, 6) is -1.64. The molecular weight excluding hydrogens is 414 g/mol. The van der Waals surface area contributed by atoms with Crippen LogP contribution in [-0.4, -0.2) is 17.1 Å². The fourth-order valence-electron chi connectivity index (χ4n) is 2.66. The molecule has 0 radical (unpaired) electrons. The van der Waals surface area contributed by atoms with E-state index < -0.39 is 11.6 Å². The van der Waals surface area contributed by atoms with Crippen LogP contribution in [0.5, 0.6) is 0 Å². The molecule has 0 aliphatic heterocycles. The van der Waals surface area contributed by atoms with Gasteiger partial charge in [0, 0.05) is 28.5 Å². The standard InChI is InChI=1S/C20H16F2N4OS2/c1-12-18(19(27)25-28-2)24-20(29-12)26(16-7-3-13(10-23)4-8-16)11-14-5-6-15(21)9-17(14)22/h3-9H,11H2,1-2H3,(H,25,27). The van der Waals surface area contributed by atoms with E-state index in [1.807, 2.05) is 0 Å². The number of hydrogen-bond acceptors (Lipinski definition) is 6. The number of aryl methyl sites for hydroxylation is 1. The first kappa shape index (κ1) is 20.8. The summed E-state index contributed by atoms with van der Waals surface area (Å²) in [5, 5.41) is 9.52. The number of carbonyl (C=O) groups is 1. The van der Waals surface area contributed by atoms with Gasteiger partial charge in [0.1, 0.15) is 17.3 Å². The Balaban J connectivity index is 2.04. The van der Waals surface area contributed by atoms with Crippen molar-refractivity contribution in [1.29, 1.82) is 5.26 Å². The maximum absolute atomic E-state index is 14.3. The maximum atomic E-state index is 14.3. The molecule has 0 fully saturated rings. The smallest absolute Gasteiger partial charge is 0.280 e. The van der Waals surface area contributed by atoms with E-state index in [0.29, 0.717) is 21.3 Å². The number of nitriles is 1. The molecule has 1 N–H and O–H groups in total. The van der Waals surface area contributed by atoms with E-state index in [1.54, 1.807) is 42.3 Å². The van der Waals surface area contributed by atoms with Crippen LogP contribution >= 0.6 is 23.3 Å². The molecule has 3 rings (SSSR count). The molecule has 1 heterocycles. The lowest BCUT2D eigenvalue weighted by atomic mass is 10.1. The van der Waals surface area contributed by atoms with Crippen LogP contribution in [0.15, 0.2) is 42.5 Å². The number of hydrogen-bond donors (Lipinski definition) is 1. The minimum atomic E-state index is -0.669. The van der Waals surface area contributed by atoms with Crippen LogP contribution in [0.1, 0.15) is 26.5 Å². The quantitative estimate of drug-likeness (QED) is 0.561. The molecule has 0 saturated carbocycles. The van der Waals surface area contributed by atoms with Gasteiger partial charge in [-0.15, -0.1) is 11.3 Å². The molecule has 148 valence electrons. The Morgan fingerprint density at radius 3 is 2.62 bits per heavy atom. The summed E-state index contributed by atoms with van der Waals surface area (Å²) in [4.78, 5) is 19.1. The molecular formula is C20H16F2N4OS2. The number of amides is 1. The van der Waals surface area contributed by atoms with Crippen molar-refractivity contribution in [2.24, 2.45) is 0 Å². The average molecular weight is 431 g/mol. The Kier molecular flexibility index (Phi) is 6.46. The highest BCUT2D eigenvalue weighted by Crippen LogP contribution is 2.33. The third-order valence-corrected chi connectivity index (χ3v) is 5.46. The third kappa shape index (κ3) is 4.72. The number of nitrogens with zero attached hydrogens (tertiary/aromatic N) is 3. The minimum Gasteiger partial charge on any atom is -0.313 e. The molecule has 5 nitrogen and oxygen atoms in total. The van der Waals surface area contributed by atoms with Crippen LogP contribution < -0.4 is 9.62 Å². The van der Waals surface area contributed by atoms with Crippen molar-refractivity contribution in [1.82, 2.24) is 9.71 Å². The average Bonchev–Trinajstić information content (AvgIpc) is 3.09. The van der Waals surface area contributed by atoms with E-state index in [9.17, 15) is 13.6 Å². The predicted molar refractivity (Wildman–Crippen MR) is 111 cm³/mol. The second kappa shape index (κ2) is 9.03. The first-order chi connectivity index (χ1) is 13.9. The molecule has 0 unspecified atom stereocenters. The Bertz CT molecular complexity index is 1080. The zero-order chi connectivity index (χ0) is 21.0. The van der Waals surface area contributed by atoms with Gasteiger partial charge in [0.2, 0.25) is 0 Å². The summed E-state index contributed by atoms with van der Waals surface area (Å²) in [6.45, 7) is 1.86. The van der Waals surface area contributed by atoms with Crippen LogP contribution in [0.2, 0.25) is 0 Å². The number of halogens is 2. The van der Waals surface area contributed by atoms with Crippen LogP contribution in [0.25, 0.3) is 0 Å². The van der Waals surface area contributed by atoms with Gasteiger partial charge in [0.25, 0.3) is 5.91 Å². The van der Waals surface area contributed by atoms with Crippen LogP contribution in [0.3, 0.4) is 0 Å². The number of rotatable bonds is 6. The monoisotopic (exact) mass is 430 g/mol. The lowest BCUT2D eigenvalue weighted by Gasteiger charge is -2.22. The molecule has 0 spiro atoms. The van der Waals surface area contributed by atoms with Gasteiger partial charge in [-0.1, -0.05) is 18.0 Å². The van der Waals surface area contributed by atoms with E-state index in [4.69, 9.17) is 5.26 Å². The number of anilines is 2. The highest BCUT2D eigenvalue weighted by Gasteiger charge is 2.21. The summed E-state index contributed by atoms with van der Waals surface area (Å²) in [6.07, 6.45) is 1.74. The van der Waals surface area contributed by atoms with E-state index in [2.05, 4.69) is 15.8 Å². The van der Waals surface area contributed by atoms with Gasteiger partial charge in [-0.2, -0.15) is 5.26 Å². The Labute approximate surface area is 175 Å². The van der Waals surface area contributed by atoms with Crippen molar-refractivity contribution < 1.29 is 13.6 Å². The van der Waals surface area contributed by atoms with E-state index in [0.717, 1.165) is 6.07 Å². The molecule has 2 aromatic carbocycles. The molecule has 1 amide bonds. The number of aromatic nitrogens is 1. The SMILES string of the molecule is CSNC(=O)c1nc(N(Cc2ccc(F)cc2F)c2ccc(C#N)cc2)sc1C. The molecule has 3 aromatic rings. The zero-order valence-corrected chi connectivity index (χ0v) is 17.2. The number of nitrogens with one attached hydrogen (secondary N) is 1. The third-order valence-electron chi connectivity index (χ3n) is 4.08. The molecule has 0 saturated heterocycles. The molecule has 1 aromatic heterocycles. The first-order valence-corrected chi connectivity index (χ1v) is 10.5. The molecule has 29 heavy (non-hydrogen) atoms. The van der Waals surface area contributed by atoms with E-state index >= 15 is 0 Å². The van der Waals surface area contributed by atoms with Gasteiger partial charge >= 0.3 is 0 Å². The normalized spacial score (nSPS) is 10.4.